The lowest BCUT2D eigenvalue weighted by atomic mass is 10.1. The zero-order valence-electron chi connectivity index (χ0n) is 9.58. The van der Waals surface area contributed by atoms with Crippen LogP contribution in [0.3, 0.4) is 0 Å². The molecule has 1 rings (SSSR count). The molecular formula is C11H13NO6. The van der Waals surface area contributed by atoms with Gasteiger partial charge < -0.3 is 25.4 Å². The van der Waals surface area contributed by atoms with Crippen LogP contribution in [0.4, 0.5) is 0 Å². The van der Waals surface area contributed by atoms with E-state index in [-0.39, 0.29) is 11.3 Å². The SMILES string of the molecule is COC(=O)C(CO)NC(=O)c1ccc(O)c(O)c1. The Balaban J connectivity index is 2.81. The zero-order chi connectivity index (χ0) is 13.7. The third kappa shape index (κ3) is 3.11. The summed E-state index contributed by atoms with van der Waals surface area (Å²) in [7, 11) is 1.13. The smallest absolute Gasteiger partial charge is 0.330 e. The highest BCUT2D eigenvalue weighted by Crippen LogP contribution is 2.24. The molecule has 7 heteroatoms. The number of benzene rings is 1. The molecule has 98 valence electrons. The number of amides is 1. The summed E-state index contributed by atoms with van der Waals surface area (Å²) in [5.74, 6) is -2.29. The molecule has 0 fully saturated rings. The molecule has 0 aliphatic rings. The Morgan fingerprint density at radius 2 is 2.00 bits per heavy atom. The number of methoxy groups -OCH3 is 1. The summed E-state index contributed by atoms with van der Waals surface area (Å²) >= 11 is 0. The zero-order valence-corrected chi connectivity index (χ0v) is 9.58. The number of phenols is 2. The van der Waals surface area contributed by atoms with Crippen LogP contribution in [0, 0.1) is 0 Å². The molecule has 0 spiro atoms. The predicted octanol–water partition coefficient (Wildman–Crippen LogP) is -0.639. The van der Waals surface area contributed by atoms with Crippen molar-refractivity contribution in [1.29, 1.82) is 0 Å². The average Bonchev–Trinajstić information content (AvgIpc) is 2.37. The van der Waals surface area contributed by atoms with Crippen molar-refractivity contribution in [2.75, 3.05) is 13.7 Å². The van der Waals surface area contributed by atoms with Gasteiger partial charge in [-0.2, -0.15) is 0 Å². The Morgan fingerprint density at radius 1 is 1.33 bits per heavy atom. The van der Waals surface area contributed by atoms with Gasteiger partial charge in [0.1, 0.15) is 0 Å². The van der Waals surface area contributed by atoms with E-state index in [1.807, 2.05) is 0 Å². The molecule has 0 heterocycles. The molecule has 0 aromatic heterocycles. The maximum atomic E-state index is 11.7. The highest BCUT2D eigenvalue weighted by atomic mass is 16.5. The highest BCUT2D eigenvalue weighted by Gasteiger charge is 2.21. The fraction of sp³-hybridized carbons (Fsp3) is 0.273. The number of carbonyl (C=O) groups is 2. The number of hydrogen-bond acceptors (Lipinski definition) is 6. The molecule has 0 aliphatic heterocycles. The number of rotatable bonds is 4. The van der Waals surface area contributed by atoms with Gasteiger partial charge in [0.05, 0.1) is 13.7 Å². The normalized spacial score (nSPS) is 11.7. The molecule has 0 aliphatic carbocycles. The number of aliphatic hydroxyl groups is 1. The van der Waals surface area contributed by atoms with Crippen molar-refractivity contribution < 1.29 is 29.6 Å². The lowest BCUT2D eigenvalue weighted by molar-refractivity contribution is -0.143. The lowest BCUT2D eigenvalue weighted by Crippen LogP contribution is -2.44. The molecule has 1 aromatic carbocycles. The van der Waals surface area contributed by atoms with Crippen LogP contribution in [0.2, 0.25) is 0 Å². The first-order valence-electron chi connectivity index (χ1n) is 5.01. The number of aliphatic hydroxyl groups excluding tert-OH is 1. The fourth-order valence-electron chi connectivity index (χ4n) is 1.23. The molecule has 18 heavy (non-hydrogen) atoms. The second-order valence-corrected chi connectivity index (χ2v) is 3.44. The van der Waals surface area contributed by atoms with Crippen LogP contribution in [-0.2, 0) is 9.53 Å². The van der Waals surface area contributed by atoms with E-state index in [4.69, 9.17) is 10.2 Å². The Bertz CT molecular complexity index is 459. The number of esters is 1. The van der Waals surface area contributed by atoms with Gasteiger partial charge in [0.2, 0.25) is 0 Å². The first kappa shape index (κ1) is 13.8. The second kappa shape index (κ2) is 5.87. The summed E-state index contributed by atoms with van der Waals surface area (Å²) < 4.78 is 4.38. The molecule has 4 N–H and O–H groups in total. The van der Waals surface area contributed by atoms with Crippen LogP contribution in [-0.4, -0.2) is 47.0 Å². The van der Waals surface area contributed by atoms with Crippen molar-refractivity contribution in [3.63, 3.8) is 0 Å². The molecule has 0 bridgehead atoms. The van der Waals surface area contributed by atoms with Crippen molar-refractivity contribution in [2.45, 2.75) is 6.04 Å². The lowest BCUT2D eigenvalue weighted by Gasteiger charge is -2.13. The fourth-order valence-corrected chi connectivity index (χ4v) is 1.23. The maximum absolute atomic E-state index is 11.7. The Labute approximate surface area is 103 Å². The van der Waals surface area contributed by atoms with Gasteiger partial charge in [-0.3, -0.25) is 4.79 Å². The number of ether oxygens (including phenoxy) is 1. The van der Waals surface area contributed by atoms with Crippen LogP contribution >= 0.6 is 0 Å². The average molecular weight is 255 g/mol. The minimum atomic E-state index is -1.18. The summed E-state index contributed by atoms with van der Waals surface area (Å²) in [5.41, 5.74) is 0.0349. The van der Waals surface area contributed by atoms with E-state index in [1.54, 1.807) is 0 Å². The van der Waals surface area contributed by atoms with Crippen molar-refractivity contribution in [3.05, 3.63) is 23.8 Å². The van der Waals surface area contributed by atoms with Crippen molar-refractivity contribution in [2.24, 2.45) is 0 Å². The van der Waals surface area contributed by atoms with Gasteiger partial charge in [0.15, 0.2) is 17.5 Å². The first-order valence-corrected chi connectivity index (χ1v) is 5.01. The maximum Gasteiger partial charge on any atom is 0.330 e. The van der Waals surface area contributed by atoms with Gasteiger partial charge in [-0.05, 0) is 18.2 Å². The Hall–Kier alpha value is -2.28. The second-order valence-electron chi connectivity index (χ2n) is 3.44. The topological polar surface area (TPSA) is 116 Å². The summed E-state index contributed by atoms with van der Waals surface area (Å²) in [6.45, 7) is -0.609. The highest BCUT2D eigenvalue weighted by molar-refractivity contribution is 5.97. The van der Waals surface area contributed by atoms with E-state index in [9.17, 15) is 14.7 Å². The van der Waals surface area contributed by atoms with E-state index in [2.05, 4.69) is 10.1 Å². The summed E-state index contributed by atoms with van der Waals surface area (Å²) in [4.78, 5) is 22.8. The number of nitrogens with one attached hydrogen (secondary N) is 1. The van der Waals surface area contributed by atoms with Gasteiger partial charge in [-0.1, -0.05) is 0 Å². The van der Waals surface area contributed by atoms with Gasteiger partial charge in [0, 0.05) is 5.56 Å². The van der Waals surface area contributed by atoms with E-state index in [1.165, 1.54) is 6.07 Å². The molecule has 1 amide bonds. The van der Waals surface area contributed by atoms with Crippen molar-refractivity contribution >= 4 is 11.9 Å². The van der Waals surface area contributed by atoms with Crippen LogP contribution in [0.5, 0.6) is 11.5 Å². The first-order chi connectivity index (χ1) is 8.49. The molecule has 0 saturated carbocycles. The molecule has 7 nitrogen and oxygen atoms in total. The molecule has 0 saturated heterocycles. The van der Waals surface area contributed by atoms with Crippen LogP contribution < -0.4 is 5.32 Å². The van der Waals surface area contributed by atoms with E-state index in [0.717, 1.165) is 19.2 Å². The van der Waals surface area contributed by atoms with E-state index >= 15 is 0 Å². The van der Waals surface area contributed by atoms with Crippen LogP contribution in [0.15, 0.2) is 18.2 Å². The third-order valence-electron chi connectivity index (χ3n) is 2.21. The Morgan fingerprint density at radius 3 is 2.50 bits per heavy atom. The number of hydrogen-bond donors (Lipinski definition) is 4. The Kier molecular flexibility index (Phi) is 4.50. The van der Waals surface area contributed by atoms with Crippen molar-refractivity contribution in [1.82, 2.24) is 5.32 Å². The predicted molar refractivity (Wildman–Crippen MR) is 60.1 cm³/mol. The minimum Gasteiger partial charge on any atom is -0.504 e. The summed E-state index contributed by atoms with van der Waals surface area (Å²) in [5, 5.41) is 29.4. The number of aromatic hydroxyl groups is 2. The molecule has 1 aromatic rings. The number of phenolic OH excluding ortho intramolecular Hbond substituents is 2. The number of carbonyl (C=O) groups excluding carboxylic acids is 2. The monoisotopic (exact) mass is 255 g/mol. The van der Waals surface area contributed by atoms with Crippen molar-refractivity contribution in [3.8, 4) is 11.5 Å². The van der Waals surface area contributed by atoms with E-state index < -0.39 is 30.3 Å². The van der Waals surface area contributed by atoms with Crippen LogP contribution in [0.1, 0.15) is 10.4 Å². The van der Waals surface area contributed by atoms with Gasteiger partial charge >= 0.3 is 5.97 Å². The van der Waals surface area contributed by atoms with E-state index in [0.29, 0.717) is 0 Å². The standard InChI is InChI=1S/C11H13NO6/c1-18-11(17)7(5-13)12-10(16)6-2-3-8(14)9(15)4-6/h2-4,7,13-15H,5H2,1H3,(H,12,16). The third-order valence-corrected chi connectivity index (χ3v) is 2.21. The molecule has 0 radical (unpaired) electrons. The largest absolute Gasteiger partial charge is 0.504 e. The van der Waals surface area contributed by atoms with Gasteiger partial charge in [0.25, 0.3) is 5.91 Å². The summed E-state index contributed by atoms with van der Waals surface area (Å²) in [6.07, 6.45) is 0. The summed E-state index contributed by atoms with van der Waals surface area (Å²) in [6, 6.07) is 2.25. The van der Waals surface area contributed by atoms with Gasteiger partial charge in [-0.15, -0.1) is 0 Å². The molecular weight excluding hydrogens is 242 g/mol. The van der Waals surface area contributed by atoms with Crippen LogP contribution in [0.25, 0.3) is 0 Å². The quantitative estimate of drug-likeness (QED) is 0.420. The van der Waals surface area contributed by atoms with Gasteiger partial charge in [-0.25, -0.2) is 4.79 Å². The minimum absolute atomic E-state index is 0.0349. The molecule has 1 atom stereocenters. The molecule has 1 unspecified atom stereocenters.